The Hall–Kier alpha value is -0.850. The molecule has 17 heavy (non-hydrogen) atoms. The van der Waals surface area contributed by atoms with Gasteiger partial charge in [-0.2, -0.15) is 22.5 Å². The third-order valence-corrected chi connectivity index (χ3v) is 2.84. The van der Waals surface area contributed by atoms with E-state index in [1.807, 2.05) is 0 Å². The second kappa shape index (κ2) is 6.18. The first-order valence-corrected chi connectivity index (χ1v) is 6.31. The Kier molecular flexibility index (Phi) is 5.17. The molecule has 0 bridgehead atoms. The van der Waals surface area contributed by atoms with Gasteiger partial charge in [0.05, 0.1) is 0 Å². The van der Waals surface area contributed by atoms with Crippen LogP contribution in [-0.2, 0) is 6.18 Å². The molecule has 0 amide bonds. The quantitative estimate of drug-likeness (QED) is 0.797. The Morgan fingerprint density at radius 1 is 1.29 bits per heavy atom. The van der Waals surface area contributed by atoms with E-state index in [9.17, 15) is 13.2 Å². The fraction of sp³-hybridized carbons (Fsp3) is 0.800. The summed E-state index contributed by atoms with van der Waals surface area (Å²) in [5, 5.41) is 3.09. The first-order valence-electron chi connectivity index (χ1n) is 5.54. The van der Waals surface area contributed by atoms with E-state index >= 15 is 0 Å². The molecule has 1 aromatic rings. The van der Waals surface area contributed by atoms with Gasteiger partial charge in [-0.15, -0.1) is 0 Å². The van der Waals surface area contributed by atoms with Crippen molar-refractivity contribution in [3.05, 3.63) is 5.82 Å². The molecule has 0 aliphatic rings. The predicted octanol–water partition coefficient (Wildman–Crippen LogP) is 3.80. The van der Waals surface area contributed by atoms with Crippen molar-refractivity contribution >= 4 is 16.7 Å². The molecule has 0 aliphatic carbocycles. The van der Waals surface area contributed by atoms with Crippen molar-refractivity contribution in [3.8, 4) is 0 Å². The number of hydrogen-bond donors (Lipinski definition) is 1. The topological polar surface area (TPSA) is 37.8 Å². The van der Waals surface area contributed by atoms with E-state index < -0.39 is 12.0 Å². The zero-order valence-electron chi connectivity index (χ0n) is 9.84. The molecule has 0 unspecified atom stereocenters. The van der Waals surface area contributed by atoms with Crippen LogP contribution in [-0.4, -0.2) is 15.9 Å². The summed E-state index contributed by atoms with van der Waals surface area (Å²) < 4.78 is 39.8. The molecule has 0 spiro atoms. The minimum absolute atomic E-state index is 0.238. The molecule has 7 heteroatoms. The van der Waals surface area contributed by atoms with E-state index in [2.05, 4.69) is 28.5 Å². The van der Waals surface area contributed by atoms with Crippen LogP contribution in [0.3, 0.4) is 0 Å². The van der Waals surface area contributed by atoms with E-state index in [0.717, 1.165) is 30.8 Å². The van der Waals surface area contributed by atoms with Gasteiger partial charge < -0.3 is 5.32 Å². The molecule has 0 saturated carbocycles. The SMILES string of the molecule is CC(C)CCCCNc1nc(C(F)(F)F)ns1. The highest BCUT2D eigenvalue weighted by atomic mass is 32.1. The summed E-state index contributed by atoms with van der Waals surface area (Å²) in [6, 6.07) is 0. The van der Waals surface area contributed by atoms with Crippen LogP contribution in [0.25, 0.3) is 0 Å². The molecule has 0 fully saturated rings. The van der Waals surface area contributed by atoms with Crippen LogP contribution in [0, 0.1) is 5.92 Å². The summed E-state index contributed by atoms with van der Waals surface area (Å²) in [7, 11) is 0. The number of anilines is 1. The predicted molar refractivity (Wildman–Crippen MR) is 62.1 cm³/mol. The number of alkyl halides is 3. The standard InChI is InChI=1S/C10H16F3N3S/c1-7(2)5-3-4-6-14-9-15-8(16-17-9)10(11,12)13/h7H,3-6H2,1-2H3,(H,14,15,16). The van der Waals surface area contributed by atoms with Gasteiger partial charge >= 0.3 is 6.18 Å². The molecule has 1 N–H and O–H groups in total. The van der Waals surface area contributed by atoms with Crippen LogP contribution in [0.1, 0.15) is 38.9 Å². The number of aromatic nitrogens is 2. The maximum atomic E-state index is 12.2. The van der Waals surface area contributed by atoms with Crippen molar-refractivity contribution in [3.63, 3.8) is 0 Å². The van der Waals surface area contributed by atoms with Gasteiger partial charge in [-0.3, -0.25) is 0 Å². The Bertz CT molecular complexity index is 336. The lowest BCUT2D eigenvalue weighted by Crippen LogP contribution is -2.08. The van der Waals surface area contributed by atoms with Gasteiger partial charge in [0.1, 0.15) is 0 Å². The number of halogens is 3. The van der Waals surface area contributed by atoms with Gasteiger partial charge in [-0.1, -0.05) is 26.7 Å². The summed E-state index contributed by atoms with van der Waals surface area (Å²) in [6.07, 6.45) is -1.33. The van der Waals surface area contributed by atoms with Crippen molar-refractivity contribution < 1.29 is 13.2 Å². The third-order valence-electron chi connectivity index (χ3n) is 2.16. The summed E-state index contributed by atoms with van der Waals surface area (Å²) in [6.45, 7) is 4.93. The third kappa shape index (κ3) is 5.34. The van der Waals surface area contributed by atoms with E-state index in [1.165, 1.54) is 0 Å². The average Bonchev–Trinajstić information content (AvgIpc) is 2.64. The molecule has 1 heterocycles. The Balaban J connectivity index is 2.26. The fourth-order valence-electron chi connectivity index (χ4n) is 1.28. The van der Waals surface area contributed by atoms with Crippen molar-refractivity contribution in [1.29, 1.82) is 0 Å². The maximum Gasteiger partial charge on any atom is 0.452 e. The van der Waals surface area contributed by atoms with Gasteiger partial charge in [-0.25, -0.2) is 0 Å². The highest BCUT2D eigenvalue weighted by molar-refractivity contribution is 7.09. The number of nitrogens with one attached hydrogen (secondary N) is 1. The van der Waals surface area contributed by atoms with Gasteiger partial charge in [0.25, 0.3) is 0 Å². The van der Waals surface area contributed by atoms with Crippen LogP contribution in [0.15, 0.2) is 0 Å². The van der Waals surface area contributed by atoms with Crippen LogP contribution >= 0.6 is 11.5 Å². The second-order valence-corrected chi connectivity index (χ2v) is 4.99. The van der Waals surface area contributed by atoms with E-state index in [0.29, 0.717) is 12.5 Å². The van der Waals surface area contributed by atoms with Crippen LogP contribution < -0.4 is 5.32 Å². The summed E-state index contributed by atoms with van der Waals surface area (Å²) >= 11 is 0.749. The highest BCUT2D eigenvalue weighted by Crippen LogP contribution is 2.28. The van der Waals surface area contributed by atoms with Crippen molar-refractivity contribution in [2.24, 2.45) is 5.92 Å². The number of nitrogens with zero attached hydrogens (tertiary/aromatic N) is 2. The molecule has 1 aromatic heterocycles. The molecular weight excluding hydrogens is 251 g/mol. The smallest absolute Gasteiger partial charge is 0.360 e. The van der Waals surface area contributed by atoms with E-state index in [1.54, 1.807) is 0 Å². The summed E-state index contributed by atoms with van der Waals surface area (Å²) in [5.74, 6) is -0.402. The number of hydrogen-bond acceptors (Lipinski definition) is 4. The van der Waals surface area contributed by atoms with Gasteiger partial charge in [-0.05, 0) is 12.3 Å². The minimum atomic E-state index is -4.45. The van der Waals surface area contributed by atoms with Crippen LogP contribution in [0.2, 0.25) is 0 Å². The second-order valence-electron chi connectivity index (χ2n) is 4.24. The summed E-state index contributed by atoms with van der Waals surface area (Å²) in [5.41, 5.74) is 0. The molecule has 0 aromatic carbocycles. The first-order chi connectivity index (χ1) is 7.89. The maximum absolute atomic E-state index is 12.2. The summed E-state index contributed by atoms with van der Waals surface area (Å²) in [4.78, 5) is 3.39. The van der Waals surface area contributed by atoms with Crippen molar-refractivity contribution in [2.45, 2.75) is 39.3 Å². The lowest BCUT2D eigenvalue weighted by molar-refractivity contribution is -0.144. The monoisotopic (exact) mass is 267 g/mol. The van der Waals surface area contributed by atoms with E-state index in [4.69, 9.17) is 0 Å². The van der Waals surface area contributed by atoms with E-state index in [-0.39, 0.29) is 5.13 Å². The van der Waals surface area contributed by atoms with Gasteiger partial charge in [0.15, 0.2) is 0 Å². The normalized spacial score (nSPS) is 12.1. The molecular formula is C10H16F3N3S. The van der Waals surface area contributed by atoms with Gasteiger partial charge in [0, 0.05) is 18.1 Å². The van der Waals surface area contributed by atoms with Crippen LogP contribution in [0.4, 0.5) is 18.3 Å². The Morgan fingerprint density at radius 2 is 2.00 bits per heavy atom. The fourth-order valence-corrected chi connectivity index (χ4v) is 1.89. The zero-order chi connectivity index (χ0) is 12.9. The lowest BCUT2D eigenvalue weighted by Gasteiger charge is -2.04. The number of unbranched alkanes of at least 4 members (excludes halogenated alkanes) is 1. The highest BCUT2D eigenvalue weighted by Gasteiger charge is 2.35. The zero-order valence-corrected chi connectivity index (χ0v) is 10.7. The van der Waals surface area contributed by atoms with Gasteiger partial charge in [0.2, 0.25) is 11.0 Å². The number of rotatable bonds is 6. The Morgan fingerprint density at radius 3 is 2.53 bits per heavy atom. The molecule has 0 radical (unpaired) electrons. The average molecular weight is 267 g/mol. The lowest BCUT2D eigenvalue weighted by atomic mass is 10.1. The molecule has 0 aliphatic heterocycles. The largest absolute Gasteiger partial charge is 0.452 e. The van der Waals surface area contributed by atoms with Crippen LogP contribution in [0.5, 0.6) is 0 Å². The molecule has 0 atom stereocenters. The molecule has 1 rings (SSSR count). The molecule has 98 valence electrons. The first kappa shape index (κ1) is 14.2. The molecule has 0 saturated heterocycles. The minimum Gasteiger partial charge on any atom is -0.360 e. The molecule has 3 nitrogen and oxygen atoms in total. The van der Waals surface area contributed by atoms with Crippen molar-refractivity contribution in [1.82, 2.24) is 9.36 Å². The van der Waals surface area contributed by atoms with Crippen molar-refractivity contribution in [2.75, 3.05) is 11.9 Å². The Labute approximate surface area is 103 Å².